The highest BCUT2D eigenvalue weighted by Crippen LogP contribution is 2.16. The quantitative estimate of drug-likeness (QED) is 0.712. The molecule has 0 heterocycles. The maximum atomic E-state index is 5.73. The van der Waals surface area contributed by atoms with E-state index in [1.54, 1.807) is 0 Å². The van der Waals surface area contributed by atoms with Crippen molar-refractivity contribution < 1.29 is 0 Å². The normalized spacial score (nSPS) is 10.5. The lowest BCUT2D eigenvalue weighted by Gasteiger charge is -2.07. The van der Waals surface area contributed by atoms with E-state index in [0.717, 1.165) is 24.2 Å². The fraction of sp³-hybridized carbons (Fsp3) is 0.100. The lowest BCUT2D eigenvalue weighted by atomic mass is 9.99. The highest BCUT2D eigenvalue weighted by molar-refractivity contribution is 5.42. The molecule has 3 aromatic rings. The van der Waals surface area contributed by atoms with Gasteiger partial charge in [0.2, 0.25) is 0 Å². The van der Waals surface area contributed by atoms with Gasteiger partial charge in [0, 0.05) is 11.4 Å². The van der Waals surface area contributed by atoms with Crippen LogP contribution in [0.3, 0.4) is 0 Å². The molecule has 0 saturated heterocycles. The van der Waals surface area contributed by atoms with Crippen molar-refractivity contribution in [2.45, 2.75) is 12.8 Å². The van der Waals surface area contributed by atoms with Gasteiger partial charge in [-0.25, -0.2) is 0 Å². The number of nitrogens with two attached hydrogens (primary N) is 2. The molecule has 2 nitrogen and oxygen atoms in total. The summed E-state index contributed by atoms with van der Waals surface area (Å²) in [6.07, 6.45) is 1.85. The van der Waals surface area contributed by atoms with Gasteiger partial charge in [0.15, 0.2) is 0 Å². The highest BCUT2D eigenvalue weighted by atomic mass is 14.5. The minimum atomic E-state index is 0.806. The van der Waals surface area contributed by atoms with Crippen LogP contribution in [0.1, 0.15) is 22.3 Å². The Hall–Kier alpha value is -2.74. The van der Waals surface area contributed by atoms with Gasteiger partial charge in [-0.3, -0.25) is 0 Å². The van der Waals surface area contributed by atoms with Gasteiger partial charge in [-0.05, 0) is 59.4 Å². The molecule has 0 saturated carbocycles. The van der Waals surface area contributed by atoms with Gasteiger partial charge in [-0.1, -0.05) is 48.5 Å². The summed E-state index contributed by atoms with van der Waals surface area (Å²) in [7, 11) is 0. The fourth-order valence-corrected chi connectivity index (χ4v) is 2.59. The molecule has 0 aliphatic heterocycles. The zero-order valence-corrected chi connectivity index (χ0v) is 12.5. The van der Waals surface area contributed by atoms with E-state index in [0.29, 0.717) is 0 Å². The molecule has 0 unspecified atom stereocenters. The Morgan fingerprint density at radius 2 is 0.909 bits per heavy atom. The zero-order chi connectivity index (χ0) is 15.4. The van der Waals surface area contributed by atoms with Crippen LogP contribution < -0.4 is 11.5 Å². The molecule has 0 atom stereocenters. The average molecular weight is 288 g/mol. The van der Waals surface area contributed by atoms with Crippen LogP contribution in [0, 0.1) is 0 Å². The standard InChI is InChI=1S/C20H20N2/c21-19-8-4-15(5-9-19)12-17-2-1-3-18(14-17)13-16-6-10-20(22)11-7-16/h1-11,14H,12-13,21-22H2. The molecular formula is C20H20N2. The number of hydrogen-bond acceptors (Lipinski definition) is 2. The molecule has 0 aliphatic carbocycles. The summed E-state index contributed by atoms with van der Waals surface area (Å²) < 4.78 is 0. The Bertz CT molecular complexity index is 681. The molecule has 2 heteroatoms. The Balaban J connectivity index is 1.74. The molecule has 0 aliphatic rings. The van der Waals surface area contributed by atoms with Gasteiger partial charge < -0.3 is 11.5 Å². The Morgan fingerprint density at radius 1 is 0.500 bits per heavy atom. The Labute approximate surface area is 131 Å². The number of hydrogen-bond donors (Lipinski definition) is 2. The lowest BCUT2D eigenvalue weighted by Crippen LogP contribution is -1.93. The third-order valence-electron chi connectivity index (χ3n) is 3.77. The van der Waals surface area contributed by atoms with Crippen LogP contribution in [-0.4, -0.2) is 0 Å². The Morgan fingerprint density at radius 3 is 1.32 bits per heavy atom. The summed E-state index contributed by atoms with van der Waals surface area (Å²) in [6.45, 7) is 0. The van der Waals surface area contributed by atoms with E-state index >= 15 is 0 Å². The molecule has 0 bridgehead atoms. The van der Waals surface area contributed by atoms with Crippen molar-refractivity contribution in [1.29, 1.82) is 0 Å². The van der Waals surface area contributed by atoms with E-state index in [4.69, 9.17) is 11.5 Å². The van der Waals surface area contributed by atoms with E-state index in [2.05, 4.69) is 48.5 Å². The number of benzene rings is 3. The van der Waals surface area contributed by atoms with Gasteiger partial charge in [-0.2, -0.15) is 0 Å². The van der Waals surface area contributed by atoms with E-state index in [1.165, 1.54) is 22.3 Å². The van der Waals surface area contributed by atoms with Crippen molar-refractivity contribution in [2.24, 2.45) is 0 Å². The smallest absolute Gasteiger partial charge is 0.0314 e. The predicted molar refractivity (Wildman–Crippen MR) is 93.8 cm³/mol. The van der Waals surface area contributed by atoms with Crippen molar-refractivity contribution in [2.75, 3.05) is 11.5 Å². The molecule has 4 N–H and O–H groups in total. The van der Waals surface area contributed by atoms with Gasteiger partial charge in [0.05, 0.1) is 0 Å². The van der Waals surface area contributed by atoms with E-state index < -0.39 is 0 Å². The molecule has 0 fully saturated rings. The van der Waals surface area contributed by atoms with E-state index in [1.807, 2.05) is 24.3 Å². The van der Waals surface area contributed by atoms with E-state index in [9.17, 15) is 0 Å². The number of rotatable bonds is 4. The topological polar surface area (TPSA) is 52.0 Å². The first-order valence-corrected chi connectivity index (χ1v) is 7.46. The van der Waals surface area contributed by atoms with Crippen LogP contribution in [0.25, 0.3) is 0 Å². The van der Waals surface area contributed by atoms with Crippen molar-refractivity contribution in [3.05, 3.63) is 95.1 Å². The van der Waals surface area contributed by atoms with Crippen molar-refractivity contribution in [3.63, 3.8) is 0 Å². The summed E-state index contributed by atoms with van der Waals surface area (Å²) in [6, 6.07) is 24.9. The molecular weight excluding hydrogens is 268 g/mol. The first-order chi connectivity index (χ1) is 10.7. The fourth-order valence-electron chi connectivity index (χ4n) is 2.59. The second-order valence-electron chi connectivity index (χ2n) is 5.66. The first kappa shape index (κ1) is 14.2. The maximum absolute atomic E-state index is 5.73. The third-order valence-corrected chi connectivity index (χ3v) is 3.77. The van der Waals surface area contributed by atoms with Crippen LogP contribution in [0.2, 0.25) is 0 Å². The predicted octanol–water partition coefficient (Wildman–Crippen LogP) is 4.03. The van der Waals surface area contributed by atoms with Gasteiger partial charge >= 0.3 is 0 Å². The summed E-state index contributed by atoms with van der Waals surface area (Å²) >= 11 is 0. The molecule has 0 aromatic heterocycles. The van der Waals surface area contributed by atoms with E-state index in [-0.39, 0.29) is 0 Å². The van der Waals surface area contributed by atoms with Crippen molar-refractivity contribution in [1.82, 2.24) is 0 Å². The summed E-state index contributed by atoms with van der Waals surface area (Å²) in [5, 5.41) is 0. The van der Waals surface area contributed by atoms with Gasteiger partial charge in [-0.15, -0.1) is 0 Å². The average Bonchev–Trinajstić information content (AvgIpc) is 2.52. The minimum Gasteiger partial charge on any atom is -0.399 e. The maximum Gasteiger partial charge on any atom is 0.0314 e. The number of nitrogen functional groups attached to an aromatic ring is 2. The second kappa shape index (κ2) is 6.35. The monoisotopic (exact) mass is 288 g/mol. The van der Waals surface area contributed by atoms with Crippen LogP contribution >= 0.6 is 0 Å². The Kier molecular flexibility index (Phi) is 4.10. The molecule has 0 amide bonds. The molecule has 0 radical (unpaired) electrons. The zero-order valence-electron chi connectivity index (χ0n) is 12.5. The SMILES string of the molecule is Nc1ccc(Cc2cccc(Cc3ccc(N)cc3)c2)cc1. The lowest BCUT2D eigenvalue weighted by molar-refractivity contribution is 1.14. The summed E-state index contributed by atoms with van der Waals surface area (Å²) in [4.78, 5) is 0. The second-order valence-corrected chi connectivity index (χ2v) is 5.66. The highest BCUT2D eigenvalue weighted by Gasteiger charge is 2.00. The van der Waals surface area contributed by atoms with Crippen molar-refractivity contribution >= 4 is 11.4 Å². The van der Waals surface area contributed by atoms with Gasteiger partial charge in [0.25, 0.3) is 0 Å². The van der Waals surface area contributed by atoms with Crippen molar-refractivity contribution in [3.8, 4) is 0 Å². The van der Waals surface area contributed by atoms with Crippen LogP contribution in [0.15, 0.2) is 72.8 Å². The summed E-state index contributed by atoms with van der Waals surface area (Å²) in [5.41, 5.74) is 18.3. The van der Waals surface area contributed by atoms with Crippen LogP contribution in [0.5, 0.6) is 0 Å². The summed E-state index contributed by atoms with van der Waals surface area (Å²) in [5.74, 6) is 0. The minimum absolute atomic E-state index is 0.806. The molecule has 3 rings (SSSR count). The van der Waals surface area contributed by atoms with Crippen LogP contribution in [0.4, 0.5) is 11.4 Å². The van der Waals surface area contributed by atoms with Crippen LogP contribution in [-0.2, 0) is 12.8 Å². The van der Waals surface area contributed by atoms with Gasteiger partial charge in [0.1, 0.15) is 0 Å². The molecule has 22 heavy (non-hydrogen) atoms. The first-order valence-electron chi connectivity index (χ1n) is 7.46. The molecule has 110 valence electrons. The molecule has 0 spiro atoms. The number of anilines is 2. The molecule has 3 aromatic carbocycles. The largest absolute Gasteiger partial charge is 0.399 e. The third kappa shape index (κ3) is 3.67.